The summed E-state index contributed by atoms with van der Waals surface area (Å²) in [7, 11) is 0. The molecule has 0 bridgehead atoms. The van der Waals surface area contributed by atoms with Gasteiger partial charge in [-0.2, -0.15) is 0 Å². The largest absolute Gasteiger partial charge is 0.478 e. The monoisotopic (exact) mass is 634 g/mol. The first-order valence-electron chi connectivity index (χ1n) is 13.6. The number of aliphatic carboxylic acids is 1. The molecule has 1 aliphatic carbocycles. The van der Waals surface area contributed by atoms with Gasteiger partial charge >= 0.3 is 5.97 Å². The third-order valence-electron chi connectivity index (χ3n) is 7.51. The van der Waals surface area contributed by atoms with Crippen molar-refractivity contribution in [3.63, 3.8) is 0 Å². The number of fused-ring (bicyclic) bond motifs is 2. The number of carbonyl (C=O) groups is 2. The predicted molar refractivity (Wildman–Crippen MR) is 165 cm³/mol. The number of nitrogens with one attached hydrogen (secondary N) is 1. The van der Waals surface area contributed by atoms with Crippen molar-refractivity contribution in [1.29, 1.82) is 0 Å². The fourth-order valence-corrected chi connectivity index (χ4v) is 5.84. The molecule has 2 N–H and O–H groups in total. The second-order valence-corrected chi connectivity index (χ2v) is 11.6. The van der Waals surface area contributed by atoms with E-state index in [-0.39, 0.29) is 23.5 Å². The Labute approximate surface area is 262 Å². The van der Waals surface area contributed by atoms with Gasteiger partial charge in [0.2, 0.25) is 6.10 Å². The van der Waals surface area contributed by atoms with Crippen LogP contribution in [0.5, 0.6) is 5.75 Å². The zero-order chi connectivity index (χ0) is 30.1. The molecule has 1 aromatic heterocycles. The van der Waals surface area contributed by atoms with Gasteiger partial charge in [-0.15, -0.1) is 5.10 Å². The molecule has 11 heteroatoms. The summed E-state index contributed by atoms with van der Waals surface area (Å²) in [5.74, 6) is -1.06. The molecule has 4 aromatic carbocycles. The number of nitrogens with zero attached hydrogens (tertiary/aromatic N) is 3. The van der Waals surface area contributed by atoms with Crippen LogP contribution in [0.2, 0.25) is 15.1 Å². The lowest BCUT2D eigenvalue weighted by Crippen LogP contribution is -2.30. The molecule has 0 aliphatic heterocycles. The van der Waals surface area contributed by atoms with Gasteiger partial charge in [-0.1, -0.05) is 70.3 Å². The first kappa shape index (κ1) is 29.0. The van der Waals surface area contributed by atoms with Crippen molar-refractivity contribution in [2.24, 2.45) is 0 Å². The van der Waals surface area contributed by atoms with Crippen molar-refractivity contribution in [2.45, 2.75) is 38.0 Å². The number of ether oxygens (including phenoxy) is 1. The summed E-state index contributed by atoms with van der Waals surface area (Å²) in [6.07, 6.45) is 1.62. The molecule has 0 radical (unpaired) electrons. The lowest BCUT2D eigenvalue weighted by Gasteiger charge is -2.26. The minimum Gasteiger partial charge on any atom is -0.478 e. The maximum absolute atomic E-state index is 13.2. The molecular weight excluding hydrogens is 611 g/mol. The number of rotatable bonds is 8. The van der Waals surface area contributed by atoms with Gasteiger partial charge < -0.3 is 15.2 Å². The van der Waals surface area contributed by atoms with Crippen LogP contribution in [0.4, 0.5) is 0 Å². The van der Waals surface area contributed by atoms with E-state index in [1.54, 1.807) is 47.1 Å². The summed E-state index contributed by atoms with van der Waals surface area (Å²) in [5.41, 5.74) is 5.20. The number of carboxylic acid groups (broad SMARTS) is 1. The minimum atomic E-state index is -1.32. The van der Waals surface area contributed by atoms with Crippen LogP contribution in [0.15, 0.2) is 78.9 Å². The summed E-state index contributed by atoms with van der Waals surface area (Å²) in [6, 6.07) is 22.9. The smallest absolute Gasteiger partial charge is 0.349 e. The maximum atomic E-state index is 13.2. The third-order valence-corrected chi connectivity index (χ3v) is 8.62. The van der Waals surface area contributed by atoms with Crippen LogP contribution in [-0.2, 0) is 17.8 Å². The Hall–Kier alpha value is -4.11. The standard InChI is InChI=1S/C32H25Cl3N4O4/c33-24-12-10-22(43-30(32(41)42)19-8-11-25(34)26(35)15-19)14-21(24)17-39-29-13-9-20(16-28(29)37-38-39)31(40)36-27-7-3-5-18-4-1-2-6-23(18)27/h1-2,4,6,8-16,27,30H,3,5,7,17H2,(H,36,40)(H,41,42). The Bertz CT molecular complexity index is 1860. The molecule has 5 aromatic rings. The van der Waals surface area contributed by atoms with E-state index < -0.39 is 12.1 Å². The Kier molecular flexibility index (Phi) is 8.25. The highest BCUT2D eigenvalue weighted by Gasteiger charge is 2.24. The Morgan fingerprint density at radius 3 is 2.60 bits per heavy atom. The maximum Gasteiger partial charge on any atom is 0.349 e. The zero-order valence-electron chi connectivity index (χ0n) is 22.6. The number of hydrogen-bond acceptors (Lipinski definition) is 5. The number of halogens is 3. The van der Waals surface area contributed by atoms with Crippen LogP contribution < -0.4 is 10.1 Å². The number of amides is 1. The molecule has 8 nitrogen and oxygen atoms in total. The molecule has 43 heavy (non-hydrogen) atoms. The van der Waals surface area contributed by atoms with Crippen LogP contribution in [0.25, 0.3) is 11.0 Å². The molecule has 218 valence electrons. The minimum absolute atomic E-state index is 0.0298. The summed E-state index contributed by atoms with van der Waals surface area (Å²) in [5, 5.41) is 22.5. The highest BCUT2D eigenvalue weighted by molar-refractivity contribution is 6.42. The van der Waals surface area contributed by atoms with Crippen molar-refractivity contribution in [1.82, 2.24) is 20.3 Å². The highest BCUT2D eigenvalue weighted by Crippen LogP contribution is 2.32. The van der Waals surface area contributed by atoms with E-state index in [0.29, 0.717) is 43.5 Å². The summed E-state index contributed by atoms with van der Waals surface area (Å²) >= 11 is 18.6. The molecule has 2 unspecified atom stereocenters. The van der Waals surface area contributed by atoms with Gasteiger partial charge in [0, 0.05) is 16.1 Å². The van der Waals surface area contributed by atoms with Crippen molar-refractivity contribution >= 4 is 57.7 Å². The van der Waals surface area contributed by atoms with Gasteiger partial charge in [0.05, 0.1) is 28.1 Å². The fourth-order valence-electron chi connectivity index (χ4n) is 5.36. The summed E-state index contributed by atoms with van der Waals surface area (Å²) < 4.78 is 7.50. The number of aryl methyl sites for hydroxylation is 1. The number of benzene rings is 4. The first-order valence-corrected chi connectivity index (χ1v) is 14.7. The van der Waals surface area contributed by atoms with Gasteiger partial charge in [0.25, 0.3) is 5.91 Å². The third kappa shape index (κ3) is 6.18. The normalized spacial score (nSPS) is 15.1. The number of hydrogen-bond donors (Lipinski definition) is 2. The Morgan fingerprint density at radius 1 is 0.977 bits per heavy atom. The predicted octanol–water partition coefficient (Wildman–Crippen LogP) is 7.45. The van der Waals surface area contributed by atoms with E-state index in [2.05, 4.69) is 27.8 Å². The van der Waals surface area contributed by atoms with Crippen molar-refractivity contribution < 1.29 is 19.4 Å². The quantitative estimate of drug-likeness (QED) is 0.183. The van der Waals surface area contributed by atoms with E-state index in [9.17, 15) is 14.7 Å². The topological polar surface area (TPSA) is 106 Å². The average molecular weight is 636 g/mol. The average Bonchev–Trinajstić information content (AvgIpc) is 3.40. The highest BCUT2D eigenvalue weighted by atomic mass is 35.5. The molecule has 0 fully saturated rings. The lowest BCUT2D eigenvalue weighted by molar-refractivity contribution is -0.145. The summed E-state index contributed by atoms with van der Waals surface area (Å²) in [4.78, 5) is 25.2. The van der Waals surface area contributed by atoms with E-state index in [0.717, 1.165) is 19.3 Å². The summed E-state index contributed by atoms with van der Waals surface area (Å²) in [6.45, 7) is 0.238. The van der Waals surface area contributed by atoms with Gasteiger partial charge in [-0.25, -0.2) is 9.48 Å². The first-order chi connectivity index (χ1) is 20.8. The molecular formula is C32H25Cl3N4O4. The molecule has 2 atom stereocenters. The Morgan fingerprint density at radius 2 is 1.79 bits per heavy atom. The molecule has 0 saturated carbocycles. The lowest BCUT2D eigenvalue weighted by atomic mass is 9.87. The second kappa shape index (κ2) is 12.2. The van der Waals surface area contributed by atoms with Crippen LogP contribution >= 0.6 is 34.8 Å². The van der Waals surface area contributed by atoms with E-state index >= 15 is 0 Å². The van der Waals surface area contributed by atoms with Gasteiger partial charge in [-0.3, -0.25) is 4.79 Å². The molecule has 6 rings (SSSR count). The van der Waals surface area contributed by atoms with Crippen molar-refractivity contribution in [3.05, 3.63) is 122 Å². The van der Waals surface area contributed by atoms with E-state index in [1.165, 1.54) is 23.3 Å². The van der Waals surface area contributed by atoms with Crippen molar-refractivity contribution in [3.8, 4) is 5.75 Å². The molecule has 1 amide bonds. The zero-order valence-corrected chi connectivity index (χ0v) is 24.9. The second-order valence-electron chi connectivity index (χ2n) is 10.3. The van der Waals surface area contributed by atoms with Crippen LogP contribution in [0.3, 0.4) is 0 Å². The molecule has 0 saturated heterocycles. The SMILES string of the molecule is O=C(NC1CCCc2ccccc21)c1ccc2c(c1)nnn2Cc1cc(OC(C(=O)O)c2ccc(Cl)c(Cl)c2)ccc1Cl. The Balaban J connectivity index is 1.20. The fraction of sp³-hybridized carbons (Fsp3) is 0.188. The van der Waals surface area contributed by atoms with E-state index in [1.807, 2.05) is 12.1 Å². The van der Waals surface area contributed by atoms with E-state index in [4.69, 9.17) is 39.5 Å². The number of aromatic nitrogens is 3. The molecule has 1 aliphatic rings. The van der Waals surface area contributed by atoms with Crippen LogP contribution in [0, 0.1) is 0 Å². The molecule has 0 spiro atoms. The van der Waals surface area contributed by atoms with Gasteiger partial charge in [-0.05, 0) is 84.5 Å². The number of carbonyl (C=O) groups excluding carboxylic acids is 1. The van der Waals surface area contributed by atoms with Crippen LogP contribution in [-0.4, -0.2) is 32.0 Å². The molecule has 1 heterocycles. The van der Waals surface area contributed by atoms with Gasteiger partial charge in [0.15, 0.2) is 0 Å². The van der Waals surface area contributed by atoms with Crippen LogP contribution in [0.1, 0.15) is 57.6 Å². The van der Waals surface area contributed by atoms with Gasteiger partial charge in [0.1, 0.15) is 11.3 Å². The number of carboxylic acids is 1. The van der Waals surface area contributed by atoms with Crippen molar-refractivity contribution in [2.75, 3.05) is 0 Å².